The van der Waals surface area contributed by atoms with E-state index in [1.54, 1.807) is 12.1 Å². The minimum absolute atomic E-state index is 0.0345. The number of Topliss-reactive ketones (excluding diaryl/α,β-unsaturated/α-hetero) is 1. The molecule has 0 radical (unpaired) electrons. The van der Waals surface area contributed by atoms with Crippen LogP contribution in [0.25, 0.3) is 11.0 Å². The Kier molecular flexibility index (Phi) is 7.56. The van der Waals surface area contributed by atoms with E-state index in [9.17, 15) is 14.4 Å². The van der Waals surface area contributed by atoms with Crippen LogP contribution in [0.2, 0.25) is 15.1 Å². The molecule has 0 amide bonds. The van der Waals surface area contributed by atoms with Crippen molar-refractivity contribution in [3.63, 3.8) is 0 Å². The summed E-state index contributed by atoms with van der Waals surface area (Å²) in [4.78, 5) is 35.7. The lowest BCUT2D eigenvalue weighted by Crippen LogP contribution is -2.14. The van der Waals surface area contributed by atoms with Crippen molar-refractivity contribution in [2.24, 2.45) is 0 Å². The lowest BCUT2D eigenvalue weighted by Gasteiger charge is -2.12. The maximum Gasteiger partial charge on any atom is 0.329 e. The Morgan fingerprint density at radius 2 is 1.77 bits per heavy atom. The van der Waals surface area contributed by atoms with Gasteiger partial charge in [0.05, 0.1) is 17.0 Å². The van der Waals surface area contributed by atoms with E-state index in [1.807, 2.05) is 0 Å². The second-order valence-corrected chi connectivity index (χ2v) is 7.67. The molecule has 0 fully saturated rings. The first-order chi connectivity index (χ1) is 14.7. The average molecular weight is 486 g/mol. The summed E-state index contributed by atoms with van der Waals surface area (Å²) in [5.74, 6) is -1.40. The molecule has 1 aromatic heterocycles. The number of hydrogen-bond acceptors (Lipinski definition) is 6. The van der Waals surface area contributed by atoms with Gasteiger partial charge in [-0.05, 0) is 24.3 Å². The van der Waals surface area contributed by atoms with Gasteiger partial charge >= 0.3 is 5.97 Å². The molecular formula is C21H15Cl3O7. The van der Waals surface area contributed by atoms with Crippen LogP contribution in [0.15, 0.2) is 45.6 Å². The van der Waals surface area contributed by atoms with Gasteiger partial charge in [-0.2, -0.15) is 0 Å². The molecule has 0 aliphatic carbocycles. The molecule has 10 heteroatoms. The smallest absolute Gasteiger partial charge is 0.329 e. The van der Waals surface area contributed by atoms with Crippen molar-refractivity contribution in [3.8, 4) is 5.75 Å². The van der Waals surface area contributed by atoms with E-state index in [4.69, 9.17) is 53.8 Å². The van der Waals surface area contributed by atoms with E-state index >= 15 is 0 Å². The van der Waals surface area contributed by atoms with E-state index < -0.39 is 23.8 Å². The first-order valence-electron chi connectivity index (χ1n) is 8.91. The number of ketones is 1. The number of carboxylic acids is 1. The topological polar surface area (TPSA) is 103 Å². The summed E-state index contributed by atoms with van der Waals surface area (Å²) in [6.45, 7) is -0.359. The molecule has 0 saturated carbocycles. The molecule has 0 saturated heterocycles. The van der Waals surface area contributed by atoms with E-state index in [0.717, 1.165) is 6.07 Å². The summed E-state index contributed by atoms with van der Waals surface area (Å²) in [5, 5.41) is 9.52. The summed E-state index contributed by atoms with van der Waals surface area (Å²) >= 11 is 18.0. The molecule has 0 unspecified atom stereocenters. The fourth-order valence-electron chi connectivity index (χ4n) is 2.76. The lowest BCUT2D eigenvalue weighted by atomic mass is 10.1. The quantitative estimate of drug-likeness (QED) is 0.347. The Balaban J connectivity index is 1.80. The zero-order valence-electron chi connectivity index (χ0n) is 15.8. The number of rotatable bonds is 9. The van der Waals surface area contributed by atoms with Crippen LogP contribution in [-0.2, 0) is 16.0 Å². The molecule has 1 N–H and O–H groups in total. The van der Waals surface area contributed by atoms with Crippen LogP contribution in [-0.4, -0.2) is 36.7 Å². The van der Waals surface area contributed by atoms with Gasteiger partial charge in [0, 0.05) is 28.1 Å². The molecule has 3 rings (SSSR count). The summed E-state index contributed by atoms with van der Waals surface area (Å²) < 4.78 is 16.1. The number of fused-ring (bicyclic) bond motifs is 1. The standard InChI is InChI=1S/C21H15Cl3O7/c22-12-2-1-11(18(8-12)30-4-3-29-10-20(27)28)5-17(26)19-9-16(25)14-6-13(23)7-15(24)21(14)31-19/h1-2,6-9H,3-5,10H2,(H,27,28). The fraction of sp³-hybridized carbons (Fsp3) is 0.190. The van der Waals surface area contributed by atoms with Crippen molar-refractivity contribution < 1.29 is 28.6 Å². The van der Waals surface area contributed by atoms with Gasteiger partial charge in [-0.1, -0.05) is 40.9 Å². The largest absolute Gasteiger partial charge is 0.491 e. The van der Waals surface area contributed by atoms with E-state index in [1.165, 1.54) is 18.2 Å². The second kappa shape index (κ2) is 10.2. The van der Waals surface area contributed by atoms with Gasteiger partial charge in [0.15, 0.2) is 16.8 Å². The summed E-state index contributed by atoms with van der Waals surface area (Å²) in [6, 6.07) is 8.65. The van der Waals surface area contributed by atoms with Crippen LogP contribution in [0.3, 0.4) is 0 Å². The fourth-order valence-corrected chi connectivity index (χ4v) is 3.45. The Morgan fingerprint density at radius 3 is 2.52 bits per heavy atom. The second-order valence-electron chi connectivity index (χ2n) is 6.39. The number of carbonyl (C=O) groups excluding carboxylic acids is 1. The lowest BCUT2D eigenvalue weighted by molar-refractivity contribution is -0.142. The van der Waals surface area contributed by atoms with Crippen LogP contribution in [0.4, 0.5) is 0 Å². The van der Waals surface area contributed by atoms with Gasteiger partial charge in [0.25, 0.3) is 0 Å². The zero-order valence-corrected chi connectivity index (χ0v) is 18.1. The van der Waals surface area contributed by atoms with Crippen LogP contribution in [0.1, 0.15) is 16.1 Å². The number of carbonyl (C=O) groups is 2. The Bertz CT molecular complexity index is 1200. The van der Waals surface area contributed by atoms with E-state index in [-0.39, 0.29) is 46.4 Å². The van der Waals surface area contributed by atoms with Gasteiger partial charge in [-0.3, -0.25) is 9.59 Å². The van der Waals surface area contributed by atoms with Crippen LogP contribution < -0.4 is 10.2 Å². The summed E-state index contributed by atoms with van der Waals surface area (Å²) in [7, 11) is 0. The number of aliphatic carboxylic acids is 1. The molecule has 0 bridgehead atoms. The van der Waals surface area contributed by atoms with Gasteiger partial charge < -0.3 is 19.0 Å². The number of hydrogen-bond donors (Lipinski definition) is 1. The molecule has 1 heterocycles. The van der Waals surface area contributed by atoms with Crippen molar-refractivity contribution in [3.05, 3.63) is 73.0 Å². The van der Waals surface area contributed by atoms with Crippen molar-refractivity contribution in [1.29, 1.82) is 0 Å². The van der Waals surface area contributed by atoms with E-state index in [0.29, 0.717) is 16.3 Å². The highest BCUT2D eigenvalue weighted by Gasteiger charge is 2.17. The maximum atomic E-state index is 12.8. The highest BCUT2D eigenvalue weighted by Crippen LogP contribution is 2.28. The molecular weight excluding hydrogens is 471 g/mol. The molecule has 0 aliphatic rings. The van der Waals surface area contributed by atoms with Crippen LogP contribution in [0.5, 0.6) is 5.75 Å². The SMILES string of the molecule is O=C(O)COCCOc1cc(Cl)ccc1CC(=O)c1cc(=O)c2cc(Cl)cc(Cl)c2o1. The molecule has 7 nitrogen and oxygen atoms in total. The number of halogens is 3. The molecule has 0 atom stereocenters. The summed E-state index contributed by atoms with van der Waals surface area (Å²) in [6.07, 6.45) is -0.137. The first-order valence-corrected chi connectivity index (χ1v) is 10.0. The molecule has 2 aromatic carbocycles. The maximum absolute atomic E-state index is 12.8. The Morgan fingerprint density at radius 1 is 1.00 bits per heavy atom. The predicted molar refractivity (Wildman–Crippen MR) is 116 cm³/mol. The van der Waals surface area contributed by atoms with Crippen molar-refractivity contribution in [1.82, 2.24) is 0 Å². The molecule has 0 spiro atoms. The number of benzene rings is 2. The zero-order chi connectivity index (χ0) is 22.5. The monoisotopic (exact) mass is 484 g/mol. The Labute approximate surface area is 191 Å². The highest BCUT2D eigenvalue weighted by atomic mass is 35.5. The normalized spacial score (nSPS) is 10.9. The van der Waals surface area contributed by atoms with Crippen molar-refractivity contribution >= 4 is 57.5 Å². The third-order valence-electron chi connectivity index (χ3n) is 4.11. The van der Waals surface area contributed by atoms with Gasteiger partial charge in [-0.15, -0.1) is 0 Å². The van der Waals surface area contributed by atoms with Gasteiger partial charge in [0.1, 0.15) is 19.0 Å². The average Bonchev–Trinajstić information content (AvgIpc) is 2.70. The predicted octanol–water partition coefficient (Wildman–Crippen LogP) is 4.66. The van der Waals surface area contributed by atoms with Gasteiger partial charge in [-0.25, -0.2) is 4.79 Å². The summed E-state index contributed by atoms with van der Waals surface area (Å²) in [5.41, 5.74) is 0.125. The molecule has 162 valence electrons. The van der Waals surface area contributed by atoms with Crippen molar-refractivity contribution in [2.45, 2.75) is 6.42 Å². The van der Waals surface area contributed by atoms with E-state index in [2.05, 4.69) is 0 Å². The van der Waals surface area contributed by atoms with Crippen LogP contribution >= 0.6 is 34.8 Å². The highest BCUT2D eigenvalue weighted by molar-refractivity contribution is 6.38. The molecule has 0 aliphatic heterocycles. The molecule has 3 aromatic rings. The van der Waals surface area contributed by atoms with Crippen molar-refractivity contribution in [2.75, 3.05) is 19.8 Å². The Hall–Kier alpha value is -2.58. The third kappa shape index (κ3) is 5.98. The minimum Gasteiger partial charge on any atom is -0.491 e. The number of carboxylic acid groups (broad SMARTS) is 1. The first kappa shape index (κ1) is 23.1. The van der Waals surface area contributed by atoms with Gasteiger partial charge in [0.2, 0.25) is 5.78 Å². The van der Waals surface area contributed by atoms with Crippen LogP contribution in [0, 0.1) is 0 Å². The minimum atomic E-state index is -1.09. The third-order valence-corrected chi connectivity index (χ3v) is 4.85. The molecule has 31 heavy (non-hydrogen) atoms. The number of ether oxygens (including phenoxy) is 2.